The summed E-state index contributed by atoms with van der Waals surface area (Å²) in [6, 6.07) is 9.39. The van der Waals surface area contributed by atoms with Gasteiger partial charge in [0.25, 0.3) is 0 Å². The number of rotatable bonds is 5. The van der Waals surface area contributed by atoms with Crippen LogP contribution in [-0.4, -0.2) is 25.0 Å². The van der Waals surface area contributed by atoms with Crippen molar-refractivity contribution in [2.75, 3.05) is 14.1 Å². The van der Waals surface area contributed by atoms with Gasteiger partial charge in [-0.05, 0) is 56.3 Å². The van der Waals surface area contributed by atoms with E-state index in [1.54, 1.807) is 0 Å². The summed E-state index contributed by atoms with van der Waals surface area (Å²) in [5, 5.41) is 3.70. The molecule has 2 unspecified atom stereocenters. The Kier molecular flexibility index (Phi) is 4.38. The Labute approximate surface area is 113 Å². The molecule has 2 N–H and O–H groups in total. The summed E-state index contributed by atoms with van der Waals surface area (Å²) in [5.74, 6) is 0. The van der Waals surface area contributed by atoms with E-state index in [1.165, 1.54) is 15.6 Å². The highest BCUT2D eigenvalue weighted by Gasteiger charge is 2.18. The van der Waals surface area contributed by atoms with Crippen LogP contribution in [0.4, 0.5) is 0 Å². The number of nitrogens with zero attached hydrogens (tertiary/aromatic N) is 1. The molecule has 98 valence electrons. The Balaban J connectivity index is 2.30. The highest BCUT2D eigenvalue weighted by atomic mass is 32.1. The Morgan fingerprint density at radius 1 is 1.22 bits per heavy atom. The van der Waals surface area contributed by atoms with Crippen molar-refractivity contribution in [3.8, 4) is 0 Å². The van der Waals surface area contributed by atoms with Crippen LogP contribution in [0.3, 0.4) is 0 Å². The molecule has 2 aromatic rings. The Bertz CT molecular complexity index is 502. The first kappa shape index (κ1) is 13.5. The second kappa shape index (κ2) is 5.83. The van der Waals surface area contributed by atoms with Crippen LogP contribution in [0.5, 0.6) is 0 Å². The zero-order valence-corrected chi connectivity index (χ0v) is 12.2. The van der Waals surface area contributed by atoms with Crippen molar-refractivity contribution in [1.82, 2.24) is 4.90 Å². The predicted molar refractivity (Wildman–Crippen MR) is 81.1 cm³/mol. The smallest absolute Gasteiger partial charge is 0.0357 e. The molecule has 0 bridgehead atoms. The van der Waals surface area contributed by atoms with Crippen LogP contribution in [0.1, 0.15) is 31.4 Å². The highest BCUT2D eigenvalue weighted by molar-refractivity contribution is 7.17. The van der Waals surface area contributed by atoms with Gasteiger partial charge in [-0.1, -0.05) is 18.2 Å². The molecule has 18 heavy (non-hydrogen) atoms. The molecule has 0 saturated heterocycles. The largest absolute Gasteiger partial charge is 0.328 e. The summed E-state index contributed by atoms with van der Waals surface area (Å²) in [7, 11) is 4.30. The summed E-state index contributed by atoms with van der Waals surface area (Å²) in [5.41, 5.74) is 7.34. The second-order valence-corrected chi connectivity index (χ2v) is 6.13. The standard InChI is InChI=1S/C15H22N2S/c1-11(16)8-9-14(17(2)3)13-10-18-15-7-5-4-6-12(13)15/h4-7,10-11,14H,8-9,16H2,1-3H3. The molecule has 3 heteroatoms. The summed E-state index contributed by atoms with van der Waals surface area (Å²) in [6.45, 7) is 2.08. The molecule has 0 fully saturated rings. The predicted octanol–water partition coefficient (Wildman–Crippen LogP) is 3.63. The summed E-state index contributed by atoms with van der Waals surface area (Å²) in [4.78, 5) is 2.30. The van der Waals surface area contributed by atoms with Crippen LogP contribution in [0, 0.1) is 0 Å². The minimum Gasteiger partial charge on any atom is -0.328 e. The molecule has 0 radical (unpaired) electrons. The van der Waals surface area contributed by atoms with Crippen molar-refractivity contribution >= 4 is 21.4 Å². The molecule has 0 saturated carbocycles. The third kappa shape index (κ3) is 2.91. The molecule has 0 amide bonds. The molecular formula is C15H22N2S. The number of nitrogens with two attached hydrogens (primary N) is 1. The summed E-state index contributed by atoms with van der Waals surface area (Å²) >= 11 is 1.84. The van der Waals surface area contributed by atoms with Gasteiger partial charge in [-0.2, -0.15) is 0 Å². The van der Waals surface area contributed by atoms with Gasteiger partial charge in [0.1, 0.15) is 0 Å². The van der Waals surface area contributed by atoms with Gasteiger partial charge in [0.05, 0.1) is 0 Å². The Morgan fingerprint density at radius 2 is 1.94 bits per heavy atom. The quantitative estimate of drug-likeness (QED) is 0.891. The normalized spacial score (nSPS) is 15.2. The van der Waals surface area contributed by atoms with E-state index in [1.807, 2.05) is 11.3 Å². The molecule has 1 aromatic carbocycles. The first-order valence-electron chi connectivity index (χ1n) is 6.47. The molecule has 0 aliphatic rings. The minimum absolute atomic E-state index is 0.275. The van der Waals surface area contributed by atoms with Gasteiger partial charge in [-0.15, -0.1) is 11.3 Å². The van der Waals surface area contributed by atoms with E-state index in [4.69, 9.17) is 5.73 Å². The number of benzene rings is 1. The maximum absolute atomic E-state index is 5.89. The molecule has 0 aliphatic heterocycles. The van der Waals surface area contributed by atoms with E-state index < -0.39 is 0 Å². The van der Waals surface area contributed by atoms with E-state index in [9.17, 15) is 0 Å². The van der Waals surface area contributed by atoms with Crippen LogP contribution in [0.2, 0.25) is 0 Å². The van der Waals surface area contributed by atoms with Gasteiger partial charge in [-0.3, -0.25) is 0 Å². The fraction of sp³-hybridized carbons (Fsp3) is 0.467. The lowest BCUT2D eigenvalue weighted by atomic mass is 9.98. The SMILES string of the molecule is CC(N)CCC(c1csc2ccccc12)N(C)C. The monoisotopic (exact) mass is 262 g/mol. The number of hydrogen-bond donors (Lipinski definition) is 1. The average Bonchev–Trinajstić information content (AvgIpc) is 2.73. The first-order chi connectivity index (χ1) is 8.59. The van der Waals surface area contributed by atoms with Crippen LogP contribution < -0.4 is 5.73 Å². The summed E-state index contributed by atoms with van der Waals surface area (Å²) in [6.07, 6.45) is 2.18. The molecule has 2 rings (SSSR count). The molecule has 1 aromatic heterocycles. The molecule has 0 aliphatic carbocycles. The average molecular weight is 262 g/mol. The van der Waals surface area contributed by atoms with E-state index in [0.717, 1.165) is 12.8 Å². The Hall–Kier alpha value is -0.900. The fourth-order valence-corrected chi connectivity index (χ4v) is 3.38. The third-order valence-corrected chi connectivity index (χ3v) is 4.37. The lowest BCUT2D eigenvalue weighted by Gasteiger charge is -2.25. The molecule has 2 atom stereocenters. The zero-order valence-electron chi connectivity index (χ0n) is 11.4. The van der Waals surface area contributed by atoms with E-state index >= 15 is 0 Å². The molecule has 0 spiro atoms. The number of thiophene rings is 1. The minimum atomic E-state index is 0.275. The maximum atomic E-state index is 5.89. The Morgan fingerprint density at radius 3 is 2.61 bits per heavy atom. The van der Waals surface area contributed by atoms with Crippen molar-refractivity contribution in [3.63, 3.8) is 0 Å². The van der Waals surface area contributed by atoms with Crippen LogP contribution in [0.25, 0.3) is 10.1 Å². The molecule has 1 heterocycles. The van der Waals surface area contributed by atoms with E-state index in [2.05, 4.69) is 55.6 Å². The number of hydrogen-bond acceptors (Lipinski definition) is 3. The van der Waals surface area contributed by atoms with Gasteiger partial charge in [0.2, 0.25) is 0 Å². The zero-order chi connectivity index (χ0) is 13.1. The van der Waals surface area contributed by atoms with Gasteiger partial charge in [0.15, 0.2) is 0 Å². The van der Waals surface area contributed by atoms with Crippen molar-refractivity contribution in [2.45, 2.75) is 31.8 Å². The molecule has 2 nitrogen and oxygen atoms in total. The van der Waals surface area contributed by atoms with Crippen molar-refractivity contribution in [3.05, 3.63) is 35.2 Å². The third-order valence-electron chi connectivity index (χ3n) is 3.39. The fourth-order valence-electron chi connectivity index (χ4n) is 2.37. The lowest BCUT2D eigenvalue weighted by Crippen LogP contribution is -2.23. The van der Waals surface area contributed by atoms with Gasteiger partial charge < -0.3 is 10.6 Å². The second-order valence-electron chi connectivity index (χ2n) is 5.22. The lowest BCUT2D eigenvalue weighted by molar-refractivity contribution is 0.277. The maximum Gasteiger partial charge on any atom is 0.0357 e. The van der Waals surface area contributed by atoms with Crippen molar-refractivity contribution < 1.29 is 0 Å². The number of fused-ring (bicyclic) bond motifs is 1. The van der Waals surface area contributed by atoms with Crippen LogP contribution in [0.15, 0.2) is 29.6 Å². The topological polar surface area (TPSA) is 29.3 Å². The van der Waals surface area contributed by atoms with Crippen LogP contribution >= 0.6 is 11.3 Å². The van der Waals surface area contributed by atoms with Crippen molar-refractivity contribution in [1.29, 1.82) is 0 Å². The van der Waals surface area contributed by atoms with Crippen LogP contribution in [-0.2, 0) is 0 Å². The van der Waals surface area contributed by atoms with Gasteiger partial charge >= 0.3 is 0 Å². The van der Waals surface area contributed by atoms with Gasteiger partial charge in [0, 0.05) is 16.8 Å². The highest BCUT2D eigenvalue weighted by Crippen LogP contribution is 2.34. The van der Waals surface area contributed by atoms with Gasteiger partial charge in [-0.25, -0.2) is 0 Å². The first-order valence-corrected chi connectivity index (χ1v) is 7.35. The summed E-state index contributed by atoms with van der Waals surface area (Å²) < 4.78 is 1.38. The van der Waals surface area contributed by atoms with E-state index in [0.29, 0.717) is 6.04 Å². The van der Waals surface area contributed by atoms with E-state index in [-0.39, 0.29) is 6.04 Å². The molecular weight excluding hydrogens is 240 g/mol. The van der Waals surface area contributed by atoms with Crippen molar-refractivity contribution in [2.24, 2.45) is 5.73 Å².